The molecule has 6 atom stereocenters. The Labute approximate surface area is 375 Å². The fourth-order valence-corrected chi connectivity index (χ4v) is 10.3. The van der Waals surface area contributed by atoms with Crippen molar-refractivity contribution in [2.45, 2.75) is 110 Å². The van der Waals surface area contributed by atoms with Gasteiger partial charge < -0.3 is 40.0 Å². The van der Waals surface area contributed by atoms with E-state index in [9.17, 15) is 49.2 Å². The average Bonchev–Trinajstić information content (AvgIpc) is 4.09. The monoisotopic (exact) mass is 893 g/mol. The molecular formula is C48H55N5O10S. The number of aliphatic hydroxyl groups excluding tert-OH is 2. The van der Waals surface area contributed by atoms with Crippen LogP contribution in [0.4, 0.5) is 0 Å². The van der Waals surface area contributed by atoms with Gasteiger partial charge in [-0.1, -0.05) is 76.2 Å². The fraction of sp³-hybridized carbons (Fsp3) is 0.438. The molecule has 2 saturated heterocycles. The Bertz CT molecular complexity index is 2450. The third-order valence-electron chi connectivity index (χ3n) is 12.7. The van der Waals surface area contributed by atoms with Gasteiger partial charge in [0.05, 0.1) is 34.3 Å². The van der Waals surface area contributed by atoms with E-state index in [0.29, 0.717) is 36.2 Å². The van der Waals surface area contributed by atoms with Crippen molar-refractivity contribution >= 4 is 46.7 Å². The summed E-state index contributed by atoms with van der Waals surface area (Å²) in [6.07, 6.45) is -1.05. The number of aromatic hydroxyl groups is 1. The molecular weight excluding hydrogens is 839 g/mol. The lowest BCUT2D eigenvalue weighted by atomic mass is 9.97. The van der Waals surface area contributed by atoms with Gasteiger partial charge in [0, 0.05) is 56.6 Å². The number of carbonyl (C=O) groups is 6. The molecule has 0 aliphatic carbocycles. The van der Waals surface area contributed by atoms with E-state index in [2.05, 4.69) is 4.98 Å². The largest absolute Gasteiger partial charge is 0.508 e. The van der Waals surface area contributed by atoms with Gasteiger partial charge in [0.25, 0.3) is 11.8 Å². The number of hydrogen-bond acceptors (Lipinski definition) is 11. The maximum atomic E-state index is 13.9. The Kier molecular flexibility index (Phi) is 13.7. The topological polar surface area (TPSA) is 209 Å². The average molecular weight is 894 g/mol. The van der Waals surface area contributed by atoms with Crippen LogP contribution in [0.3, 0.4) is 0 Å². The first kappa shape index (κ1) is 46.0. The van der Waals surface area contributed by atoms with Gasteiger partial charge in [-0.15, -0.1) is 11.3 Å². The van der Waals surface area contributed by atoms with E-state index in [-0.39, 0.29) is 73.4 Å². The van der Waals surface area contributed by atoms with Crippen LogP contribution in [-0.4, -0.2) is 130 Å². The summed E-state index contributed by atoms with van der Waals surface area (Å²) in [6.45, 7) is 10.1. The van der Waals surface area contributed by atoms with Crippen molar-refractivity contribution in [1.82, 2.24) is 24.6 Å². The molecule has 16 heteroatoms. The number of carboxylic acid groups (broad SMARTS) is 1. The number of fused-ring (bicyclic) bond motifs is 2. The summed E-state index contributed by atoms with van der Waals surface area (Å²) in [5, 5.41) is 40.2. The number of rotatable bonds is 12. The zero-order chi connectivity index (χ0) is 46.1. The number of aryl methyl sites for hydroxylation is 2. The molecule has 2 fully saturated rings. The number of benzene rings is 3. The first-order valence-electron chi connectivity index (χ1n) is 21.7. The van der Waals surface area contributed by atoms with Crippen LogP contribution >= 0.6 is 11.3 Å². The Hall–Kier alpha value is -5.97. The minimum Gasteiger partial charge on any atom is -0.508 e. The molecule has 15 nitrogen and oxygen atoms in total. The highest BCUT2D eigenvalue weighted by Crippen LogP contribution is 2.34. The number of β-amino-alcohol motifs (C(OH)–C–C–N with tert-alkyl or cyclic N) is 2. The number of likely N-dealkylation sites (tertiary alicyclic amines) is 2. The normalized spacial score (nSPS) is 21.3. The third kappa shape index (κ3) is 9.17. The van der Waals surface area contributed by atoms with Crippen LogP contribution in [0.1, 0.15) is 90.1 Å². The molecule has 4 N–H and O–H groups in total. The summed E-state index contributed by atoms with van der Waals surface area (Å²) < 4.78 is 0. The van der Waals surface area contributed by atoms with Crippen molar-refractivity contribution in [3.05, 3.63) is 106 Å². The van der Waals surface area contributed by atoms with E-state index in [1.165, 1.54) is 26.0 Å². The smallest absolute Gasteiger partial charge is 0.326 e. The third-order valence-corrected chi connectivity index (χ3v) is 13.6. The molecule has 4 aliphatic rings. The molecule has 0 bridgehead atoms. The number of phenolic OH excluding ortho intramolecular Hbond substituents is 1. The van der Waals surface area contributed by atoms with E-state index in [1.54, 1.807) is 34.7 Å². The number of amides is 4. The molecule has 8 rings (SSSR count). The molecule has 3 aromatic carbocycles. The van der Waals surface area contributed by atoms with E-state index < -0.39 is 48.3 Å². The molecule has 0 radical (unpaired) electrons. The Balaban J connectivity index is 0.000000211. The Morgan fingerprint density at radius 3 is 1.70 bits per heavy atom. The molecule has 338 valence electrons. The number of aliphatic carboxylic acids is 1. The number of aliphatic hydroxyl groups is 2. The van der Waals surface area contributed by atoms with Crippen LogP contribution in [0.15, 0.2) is 72.2 Å². The quantitative estimate of drug-likeness (QED) is 0.154. The fourth-order valence-electron chi connectivity index (χ4n) is 9.47. The summed E-state index contributed by atoms with van der Waals surface area (Å²) in [5.74, 6) is -2.68. The Morgan fingerprint density at radius 1 is 0.750 bits per heavy atom. The van der Waals surface area contributed by atoms with Gasteiger partial charge in [-0.25, -0.2) is 9.78 Å². The van der Waals surface area contributed by atoms with Crippen LogP contribution < -0.4 is 0 Å². The van der Waals surface area contributed by atoms with Crippen LogP contribution in [0, 0.1) is 18.8 Å². The number of carbonyl (C=O) groups excluding carboxylic acids is 5. The number of carboxylic acids is 1. The van der Waals surface area contributed by atoms with Crippen molar-refractivity contribution in [2.24, 2.45) is 11.8 Å². The van der Waals surface area contributed by atoms with Crippen LogP contribution in [0.5, 0.6) is 5.75 Å². The van der Waals surface area contributed by atoms with Crippen LogP contribution in [0.25, 0.3) is 10.4 Å². The van der Waals surface area contributed by atoms with Gasteiger partial charge >= 0.3 is 5.97 Å². The second-order valence-electron chi connectivity index (χ2n) is 17.8. The van der Waals surface area contributed by atoms with Gasteiger partial charge in [0.15, 0.2) is 5.78 Å². The number of aromatic nitrogens is 1. The summed E-state index contributed by atoms with van der Waals surface area (Å²) in [7, 11) is 0. The van der Waals surface area contributed by atoms with E-state index in [0.717, 1.165) is 27.3 Å². The lowest BCUT2D eigenvalue weighted by Crippen LogP contribution is -2.54. The summed E-state index contributed by atoms with van der Waals surface area (Å²) in [5.41, 5.74) is 7.10. The highest BCUT2D eigenvalue weighted by Gasteiger charge is 2.47. The second-order valence-corrected chi connectivity index (χ2v) is 18.6. The van der Waals surface area contributed by atoms with Crippen molar-refractivity contribution in [3.63, 3.8) is 0 Å². The summed E-state index contributed by atoms with van der Waals surface area (Å²) in [6, 6.07) is 16.7. The molecule has 4 aromatic rings. The van der Waals surface area contributed by atoms with Gasteiger partial charge in [-0.2, -0.15) is 0 Å². The van der Waals surface area contributed by atoms with Gasteiger partial charge in [-0.3, -0.25) is 24.0 Å². The molecule has 0 spiro atoms. The number of ketones is 1. The van der Waals surface area contributed by atoms with Crippen molar-refractivity contribution in [1.29, 1.82) is 0 Å². The van der Waals surface area contributed by atoms with E-state index >= 15 is 0 Å². The minimum atomic E-state index is -1.14. The van der Waals surface area contributed by atoms with Crippen LogP contribution in [-0.2, 0) is 38.7 Å². The maximum absolute atomic E-state index is 13.9. The molecule has 64 heavy (non-hydrogen) atoms. The number of phenols is 1. The number of thiazole rings is 1. The first-order chi connectivity index (χ1) is 30.5. The standard InChI is InChI=1S/C30H33N3O5S.C18H22N2O5/c1-17(2)27(33-14-21-6-4-5-7-23(21)29(33)37)30(38)32-15-22(34)13-24(32)25(35)11-10-19-8-9-20(12-26(19)36)28-18(3)31-16-39-28;1-10(2)15(17(23)19-9-12(21)7-14(19)18(24)25)20-8-11-5-3-4-6-13(11)16(20)22/h4-9,12,16-17,22,24,27,34,36H,10-11,13-15H2,1-3H3;3-6,10,12,14-15,21H,7-9H2,1-2H3,(H,24,25)/t22-,24+,27+;12-,14+,15+/m11/s1. The molecule has 1 aromatic heterocycles. The van der Waals surface area contributed by atoms with Gasteiger partial charge in [0.1, 0.15) is 23.9 Å². The van der Waals surface area contributed by atoms with Crippen molar-refractivity contribution in [2.75, 3.05) is 13.1 Å². The van der Waals surface area contributed by atoms with Crippen molar-refractivity contribution < 1.29 is 49.2 Å². The number of hydrogen-bond donors (Lipinski definition) is 4. The molecule has 0 saturated carbocycles. The molecule has 5 heterocycles. The van der Waals surface area contributed by atoms with Crippen LogP contribution in [0.2, 0.25) is 0 Å². The maximum Gasteiger partial charge on any atom is 0.326 e. The van der Waals surface area contributed by atoms with Crippen molar-refractivity contribution in [3.8, 4) is 16.2 Å². The highest BCUT2D eigenvalue weighted by molar-refractivity contribution is 7.13. The predicted octanol–water partition coefficient (Wildman–Crippen LogP) is 4.68. The molecule has 0 unspecified atom stereocenters. The van der Waals surface area contributed by atoms with Gasteiger partial charge in [-0.05, 0) is 65.6 Å². The second kappa shape index (κ2) is 19.0. The SMILES string of the molecule is CC(C)[C@@H](C(=O)N1C[C@H](O)C[C@H]1C(=O)O)N1Cc2ccccc2C1=O.Cc1ncsc1-c1ccc(CCC(=O)[C@@H]2C[C@@H](O)CN2C(=O)[C@H](C(C)C)N2Cc3ccccc3C2=O)c(O)c1. The first-order valence-corrected chi connectivity index (χ1v) is 22.6. The summed E-state index contributed by atoms with van der Waals surface area (Å²) >= 11 is 1.50. The lowest BCUT2D eigenvalue weighted by molar-refractivity contribution is -0.150. The zero-order valence-electron chi connectivity index (χ0n) is 36.6. The lowest BCUT2D eigenvalue weighted by Gasteiger charge is -2.35. The zero-order valence-corrected chi connectivity index (χ0v) is 37.4. The minimum absolute atomic E-state index is 0.0139. The predicted molar refractivity (Wildman–Crippen MR) is 237 cm³/mol. The summed E-state index contributed by atoms with van der Waals surface area (Å²) in [4.78, 5) is 88.7. The molecule has 4 amide bonds. The highest BCUT2D eigenvalue weighted by atomic mass is 32.1. The molecule has 4 aliphatic heterocycles. The number of Topliss-reactive ketones (excluding diaryl/α,β-unsaturated/α-hetero) is 1. The van der Waals surface area contributed by atoms with E-state index in [4.69, 9.17) is 0 Å². The Morgan fingerprint density at radius 2 is 1.25 bits per heavy atom. The number of nitrogens with zero attached hydrogens (tertiary/aromatic N) is 5. The van der Waals surface area contributed by atoms with E-state index in [1.807, 2.05) is 77.1 Å². The van der Waals surface area contributed by atoms with Gasteiger partial charge in [0.2, 0.25) is 11.8 Å².